The van der Waals surface area contributed by atoms with Gasteiger partial charge in [-0.25, -0.2) is 0 Å². The van der Waals surface area contributed by atoms with Crippen LogP contribution in [0.2, 0.25) is 0 Å². The zero-order chi connectivity index (χ0) is 16.0. The molecule has 0 saturated heterocycles. The molecular formula is C17H21N3O2S. The van der Waals surface area contributed by atoms with Crippen LogP contribution in [0.15, 0.2) is 16.7 Å². The third-order valence-electron chi connectivity index (χ3n) is 4.61. The summed E-state index contributed by atoms with van der Waals surface area (Å²) in [7, 11) is 0. The van der Waals surface area contributed by atoms with Gasteiger partial charge in [0.15, 0.2) is 5.82 Å². The highest BCUT2D eigenvalue weighted by atomic mass is 32.1. The summed E-state index contributed by atoms with van der Waals surface area (Å²) < 4.78 is 4.97. The van der Waals surface area contributed by atoms with E-state index in [0.717, 1.165) is 17.3 Å². The summed E-state index contributed by atoms with van der Waals surface area (Å²) in [6, 6.07) is 4.36. The Labute approximate surface area is 139 Å². The average Bonchev–Trinajstić information content (AvgIpc) is 3.41. The van der Waals surface area contributed by atoms with E-state index in [0.29, 0.717) is 23.5 Å². The number of carbonyl (C=O) groups excluding carboxylic acids is 1. The van der Waals surface area contributed by atoms with Gasteiger partial charge in [-0.05, 0) is 57.2 Å². The Hall–Kier alpha value is -1.66. The molecule has 2 heterocycles. The Bertz CT molecular complexity index is 732. The summed E-state index contributed by atoms with van der Waals surface area (Å²) >= 11 is 1.56. The molecule has 23 heavy (non-hydrogen) atoms. The molecule has 1 amide bonds. The molecule has 0 aromatic carbocycles. The second-order valence-corrected chi connectivity index (χ2v) is 7.96. The van der Waals surface area contributed by atoms with Crippen molar-refractivity contribution in [3.8, 4) is 0 Å². The van der Waals surface area contributed by atoms with Crippen molar-refractivity contribution in [1.82, 2.24) is 10.5 Å². The third kappa shape index (κ3) is 3.33. The van der Waals surface area contributed by atoms with Gasteiger partial charge in [-0.15, -0.1) is 11.3 Å². The van der Waals surface area contributed by atoms with Crippen LogP contribution in [-0.2, 0) is 0 Å². The summed E-state index contributed by atoms with van der Waals surface area (Å²) in [6.45, 7) is 5.06. The fraction of sp³-hybridized carbons (Fsp3) is 0.529. The summed E-state index contributed by atoms with van der Waals surface area (Å²) in [5.74, 6) is 2.52. The van der Waals surface area contributed by atoms with Gasteiger partial charge in [0.1, 0.15) is 5.76 Å². The van der Waals surface area contributed by atoms with Crippen LogP contribution in [0.4, 0.5) is 5.82 Å². The maximum Gasteiger partial charge on any atom is 0.266 e. The van der Waals surface area contributed by atoms with E-state index in [1.165, 1.54) is 29.7 Å². The van der Waals surface area contributed by atoms with Crippen LogP contribution in [0, 0.1) is 19.8 Å². The number of aryl methyl sites for hydroxylation is 2. The maximum absolute atomic E-state index is 12.3. The maximum atomic E-state index is 12.3. The minimum atomic E-state index is -0.110. The molecule has 2 aliphatic rings. The van der Waals surface area contributed by atoms with Crippen molar-refractivity contribution in [3.63, 3.8) is 0 Å². The lowest BCUT2D eigenvalue weighted by molar-refractivity contribution is 0.102. The van der Waals surface area contributed by atoms with Gasteiger partial charge in [-0.2, -0.15) is 0 Å². The van der Waals surface area contributed by atoms with Crippen LogP contribution < -0.4 is 10.6 Å². The molecule has 2 aromatic heterocycles. The number of amides is 1. The molecule has 2 atom stereocenters. The number of aromatic nitrogens is 1. The van der Waals surface area contributed by atoms with Gasteiger partial charge in [0, 0.05) is 22.9 Å². The predicted octanol–water partition coefficient (Wildman–Crippen LogP) is 3.46. The van der Waals surface area contributed by atoms with Gasteiger partial charge in [-0.3, -0.25) is 4.79 Å². The molecule has 2 fully saturated rings. The van der Waals surface area contributed by atoms with Crippen LogP contribution >= 0.6 is 11.3 Å². The second-order valence-electron chi connectivity index (χ2n) is 6.70. The van der Waals surface area contributed by atoms with Crippen molar-refractivity contribution in [2.24, 2.45) is 5.92 Å². The van der Waals surface area contributed by atoms with Crippen molar-refractivity contribution in [2.75, 3.05) is 11.9 Å². The minimum absolute atomic E-state index is 0.110. The topological polar surface area (TPSA) is 67.2 Å². The zero-order valence-electron chi connectivity index (χ0n) is 13.4. The molecule has 2 saturated carbocycles. The number of anilines is 1. The molecule has 5 nitrogen and oxygen atoms in total. The Morgan fingerprint density at radius 2 is 2.22 bits per heavy atom. The lowest BCUT2D eigenvalue weighted by Gasteiger charge is -2.02. The van der Waals surface area contributed by atoms with Crippen molar-refractivity contribution in [1.29, 1.82) is 0 Å². The number of thiophene rings is 1. The molecule has 122 valence electrons. The Kier molecular flexibility index (Phi) is 3.73. The van der Waals surface area contributed by atoms with Gasteiger partial charge < -0.3 is 15.2 Å². The van der Waals surface area contributed by atoms with Gasteiger partial charge in [0.2, 0.25) is 0 Å². The first-order valence-corrected chi connectivity index (χ1v) is 9.00. The zero-order valence-corrected chi connectivity index (χ0v) is 14.2. The van der Waals surface area contributed by atoms with Crippen molar-refractivity contribution in [3.05, 3.63) is 33.2 Å². The van der Waals surface area contributed by atoms with E-state index >= 15 is 0 Å². The van der Waals surface area contributed by atoms with Crippen LogP contribution in [0.5, 0.6) is 0 Å². The van der Waals surface area contributed by atoms with Crippen molar-refractivity contribution >= 4 is 23.1 Å². The number of rotatable bonds is 6. The smallest absolute Gasteiger partial charge is 0.266 e. The normalized spacial score (nSPS) is 23.0. The molecule has 2 unspecified atom stereocenters. The Morgan fingerprint density at radius 3 is 2.91 bits per heavy atom. The molecule has 6 heteroatoms. The van der Waals surface area contributed by atoms with E-state index in [2.05, 4.69) is 22.7 Å². The highest BCUT2D eigenvalue weighted by Gasteiger charge is 2.40. The van der Waals surface area contributed by atoms with Gasteiger partial charge in [0.25, 0.3) is 5.91 Å². The fourth-order valence-corrected chi connectivity index (χ4v) is 3.97. The molecule has 0 spiro atoms. The van der Waals surface area contributed by atoms with Crippen LogP contribution in [0.25, 0.3) is 0 Å². The van der Waals surface area contributed by atoms with Crippen LogP contribution in [-0.4, -0.2) is 23.7 Å². The summed E-state index contributed by atoms with van der Waals surface area (Å²) in [6.07, 6.45) is 3.95. The molecule has 2 aliphatic carbocycles. The van der Waals surface area contributed by atoms with Crippen molar-refractivity contribution < 1.29 is 9.32 Å². The van der Waals surface area contributed by atoms with Gasteiger partial charge in [-0.1, -0.05) is 5.16 Å². The number of nitrogens with one attached hydrogen (secondary N) is 2. The molecule has 0 aliphatic heterocycles. The fourth-order valence-electron chi connectivity index (χ4n) is 2.98. The Morgan fingerprint density at radius 1 is 1.39 bits per heavy atom. The number of carbonyl (C=O) groups is 1. The summed E-state index contributed by atoms with van der Waals surface area (Å²) in [5, 5.41) is 10.3. The lowest BCUT2D eigenvalue weighted by Crippen LogP contribution is -2.20. The van der Waals surface area contributed by atoms with E-state index in [1.54, 1.807) is 24.3 Å². The standard InChI is InChI=1S/C17H21N3O2S/c1-9-5-16(20-22-9)19-17(21)15-7-12(10(2)23-15)13-6-14(13)18-8-11-3-4-11/h5,7,11,13-14,18H,3-4,6,8H2,1-2H3,(H,19,20,21). The van der Waals surface area contributed by atoms with Crippen LogP contribution in [0.1, 0.15) is 51.1 Å². The van der Waals surface area contributed by atoms with Crippen molar-refractivity contribution in [2.45, 2.75) is 45.1 Å². The first-order valence-electron chi connectivity index (χ1n) is 8.18. The third-order valence-corrected chi connectivity index (χ3v) is 5.67. The largest absolute Gasteiger partial charge is 0.360 e. The summed E-state index contributed by atoms with van der Waals surface area (Å²) in [4.78, 5) is 14.3. The number of hydrogen-bond donors (Lipinski definition) is 2. The highest BCUT2D eigenvalue weighted by molar-refractivity contribution is 7.14. The average molecular weight is 331 g/mol. The van der Waals surface area contributed by atoms with E-state index in [9.17, 15) is 4.79 Å². The molecule has 2 aromatic rings. The van der Waals surface area contributed by atoms with Crippen LogP contribution in [0.3, 0.4) is 0 Å². The predicted molar refractivity (Wildman–Crippen MR) is 90.1 cm³/mol. The van der Waals surface area contributed by atoms with E-state index in [4.69, 9.17) is 4.52 Å². The minimum Gasteiger partial charge on any atom is -0.360 e. The van der Waals surface area contributed by atoms with E-state index < -0.39 is 0 Å². The number of nitrogens with zero attached hydrogens (tertiary/aromatic N) is 1. The monoisotopic (exact) mass is 331 g/mol. The first-order chi connectivity index (χ1) is 11.1. The summed E-state index contributed by atoms with van der Waals surface area (Å²) in [5.41, 5.74) is 1.32. The van der Waals surface area contributed by atoms with E-state index in [1.807, 2.05) is 6.07 Å². The number of hydrogen-bond acceptors (Lipinski definition) is 5. The Balaban J connectivity index is 1.39. The molecule has 0 bridgehead atoms. The van der Waals surface area contributed by atoms with Gasteiger partial charge in [0.05, 0.1) is 4.88 Å². The molecular weight excluding hydrogens is 310 g/mol. The van der Waals surface area contributed by atoms with E-state index in [-0.39, 0.29) is 5.91 Å². The quantitative estimate of drug-likeness (QED) is 0.850. The SMILES string of the molecule is Cc1cc(NC(=O)c2cc(C3CC3NCC3CC3)c(C)s2)no1. The molecule has 4 rings (SSSR count). The second kappa shape index (κ2) is 5.76. The molecule has 2 N–H and O–H groups in total. The highest BCUT2D eigenvalue weighted by Crippen LogP contribution is 2.45. The lowest BCUT2D eigenvalue weighted by atomic mass is 10.1. The van der Waals surface area contributed by atoms with Gasteiger partial charge >= 0.3 is 0 Å². The molecule has 0 radical (unpaired) electrons. The first kappa shape index (κ1) is 14.9.